The van der Waals surface area contributed by atoms with Crippen LogP contribution < -0.4 is 15.4 Å². The molecule has 292 valence electrons. The number of allylic oxidation sites excluding steroid dienone is 1. The lowest BCUT2D eigenvalue weighted by Crippen LogP contribution is -2.58. The van der Waals surface area contributed by atoms with Gasteiger partial charge in [-0.3, -0.25) is 24.0 Å². The molecule has 5 amide bonds. The van der Waals surface area contributed by atoms with Gasteiger partial charge in [0.15, 0.2) is 0 Å². The second-order valence-corrected chi connectivity index (χ2v) is 18.2. The monoisotopic (exact) mass is 769 g/mol. The third-order valence-corrected chi connectivity index (χ3v) is 13.8. The fraction of sp³-hybridized carbons (Fsp3) is 0.658. The molecule has 0 unspecified atom stereocenters. The summed E-state index contributed by atoms with van der Waals surface area (Å²) in [6.45, 7) is -0.0258. The van der Waals surface area contributed by atoms with Crippen molar-refractivity contribution in [2.75, 3.05) is 6.54 Å². The van der Waals surface area contributed by atoms with E-state index in [-0.39, 0.29) is 45.0 Å². The predicted molar refractivity (Wildman–Crippen MR) is 190 cm³/mol. The third-order valence-electron chi connectivity index (χ3n) is 12.0. The van der Waals surface area contributed by atoms with Gasteiger partial charge in [-0.25, -0.2) is 22.4 Å². The second-order valence-electron chi connectivity index (χ2n) is 16.2. The summed E-state index contributed by atoms with van der Waals surface area (Å²) in [5, 5.41) is 4.97. The summed E-state index contributed by atoms with van der Waals surface area (Å²) >= 11 is 0. The van der Waals surface area contributed by atoms with Gasteiger partial charge in [-0.1, -0.05) is 37.1 Å². The minimum Gasteiger partial charge on any atom is -0.446 e. The van der Waals surface area contributed by atoms with Crippen LogP contribution >= 0.6 is 0 Å². The number of carbonyl (C=O) groups is 5. The molecule has 4 saturated carbocycles. The van der Waals surface area contributed by atoms with E-state index in [0.29, 0.717) is 48.6 Å². The first-order chi connectivity index (χ1) is 25.9. The molecular formula is C38H48FN5O9S. The van der Waals surface area contributed by atoms with Gasteiger partial charge < -0.3 is 25.0 Å². The van der Waals surface area contributed by atoms with Crippen molar-refractivity contribution >= 4 is 39.9 Å². The fourth-order valence-corrected chi connectivity index (χ4v) is 9.67. The van der Waals surface area contributed by atoms with Crippen LogP contribution in [0.1, 0.15) is 94.6 Å². The van der Waals surface area contributed by atoms with Gasteiger partial charge in [0.05, 0.1) is 18.3 Å². The summed E-state index contributed by atoms with van der Waals surface area (Å²) in [5.41, 5.74) is -0.491. The number of sulfonamides is 1. The summed E-state index contributed by atoms with van der Waals surface area (Å²) in [6.07, 6.45) is 9.26. The zero-order chi connectivity index (χ0) is 37.8. The number of nitrogens with one attached hydrogen (secondary N) is 3. The van der Waals surface area contributed by atoms with Crippen molar-refractivity contribution in [3.05, 3.63) is 47.3 Å². The highest BCUT2D eigenvalue weighted by Crippen LogP contribution is 2.47. The zero-order valence-electron chi connectivity index (χ0n) is 30.2. The first-order valence-corrected chi connectivity index (χ1v) is 21.0. The Kier molecular flexibility index (Phi) is 9.84. The lowest BCUT2D eigenvalue weighted by atomic mass is 10.0. The van der Waals surface area contributed by atoms with E-state index in [1.165, 1.54) is 15.9 Å². The van der Waals surface area contributed by atoms with Crippen LogP contribution in [0.25, 0.3) is 0 Å². The number of benzene rings is 1. The average molecular weight is 770 g/mol. The van der Waals surface area contributed by atoms with Crippen LogP contribution in [0, 0.1) is 23.6 Å². The molecule has 7 aliphatic rings. The number of rotatable bonds is 8. The summed E-state index contributed by atoms with van der Waals surface area (Å²) < 4.78 is 54.0. The lowest BCUT2D eigenvalue weighted by Gasteiger charge is -2.30. The number of hydrogen-bond acceptors (Lipinski definition) is 9. The van der Waals surface area contributed by atoms with E-state index in [0.717, 1.165) is 38.5 Å². The van der Waals surface area contributed by atoms with Gasteiger partial charge >= 0.3 is 12.2 Å². The maximum atomic E-state index is 14.5. The molecule has 0 radical (unpaired) electrons. The van der Waals surface area contributed by atoms with Crippen molar-refractivity contribution in [2.24, 2.45) is 17.8 Å². The van der Waals surface area contributed by atoms with E-state index in [9.17, 15) is 36.8 Å². The van der Waals surface area contributed by atoms with Crippen LogP contribution in [0.4, 0.5) is 14.0 Å². The van der Waals surface area contributed by atoms with Crippen LogP contribution in [0.5, 0.6) is 0 Å². The van der Waals surface area contributed by atoms with Gasteiger partial charge in [0.2, 0.25) is 21.8 Å². The van der Waals surface area contributed by atoms with Gasteiger partial charge in [-0.15, -0.1) is 0 Å². The second kappa shape index (κ2) is 14.5. The molecule has 3 heterocycles. The van der Waals surface area contributed by atoms with E-state index in [4.69, 9.17) is 9.47 Å². The average Bonchev–Trinajstić information content (AvgIpc) is 3.91. The summed E-state index contributed by atoms with van der Waals surface area (Å²) in [4.78, 5) is 71.8. The molecule has 1 aromatic rings. The van der Waals surface area contributed by atoms with E-state index in [1.807, 2.05) is 12.2 Å². The number of halogens is 1. The van der Waals surface area contributed by atoms with Gasteiger partial charge in [0, 0.05) is 24.4 Å². The largest absolute Gasteiger partial charge is 0.446 e. The van der Waals surface area contributed by atoms with Crippen molar-refractivity contribution in [1.29, 1.82) is 0 Å². The first-order valence-electron chi connectivity index (χ1n) is 19.5. The van der Waals surface area contributed by atoms with E-state index in [1.54, 1.807) is 12.1 Å². The Hall–Kier alpha value is -4.21. The Balaban J connectivity index is 1.03. The molecule has 16 heteroatoms. The van der Waals surface area contributed by atoms with Crippen molar-refractivity contribution in [3.63, 3.8) is 0 Å². The van der Waals surface area contributed by atoms with Crippen LogP contribution in [-0.4, -0.2) is 89.8 Å². The van der Waals surface area contributed by atoms with Crippen LogP contribution in [0.15, 0.2) is 30.4 Å². The number of fused-ring (bicyclic) bond motifs is 3. The standard InChI is InChI=1S/C38H48FN5O9S/c39-29-9-6-7-24-19-43(21-28(24)29)37(49)52-26-17-31-33(45)41-38(35(47)42-54(50,51)27-15-16-27)18-25(38)8-4-2-1-3-5-10-30(34(46)44(31)20-26)40-36(48)53-32(22-11-12-22)23-13-14-23/h4,6-9,22-23,25-27,30-32H,1-3,5,10-21H2,(H,40,48)(H,41,45)(H,42,47)/b8-4-/t25-,26+,30-,31-,38+/m0/s1. The Bertz CT molecular complexity index is 1830. The van der Waals surface area contributed by atoms with Crippen molar-refractivity contribution < 1.29 is 46.3 Å². The molecule has 0 spiro atoms. The van der Waals surface area contributed by atoms with Gasteiger partial charge in [-0.2, -0.15) is 0 Å². The molecule has 0 bridgehead atoms. The molecule has 14 nitrogen and oxygen atoms in total. The normalized spacial score (nSPS) is 30.6. The Morgan fingerprint density at radius 1 is 0.981 bits per heavy atom. The molecule has 54 heavy (non-hydrogen) atoms. The Morgan fingerprint density at radius 2 is 1.74 bits per heavy atom. The maximum absolute atomic E-state index is 14.5. The maximum Gasteiger partial charge on any atom is 0.410 e. The fourth-order valence-electron chi connectivity index (χ4n) is 8.30. The molecular weight excluding hydrogens is 722 g/mol. The lowest BCUT2D eigenvalue weighted by molar-refractivity contribution is -0.141. The number of ether oxygens (including phenoxy) is 2. The molecule has 1 saturated heterocycles. The molecule has 3 N–H and O–H groups in total. The van der Waals surface area contributed by atoms with Gasteiger partial charge in [0.25, 0.3) is 5.91 Å². The summed E-state index contributed by atoms with van der Waals surface area (Å²) in [5.74, 6) is -2.31. The molecule has 5 fully saturated rings. The quantitative estimate of drug-likeness (QED) is 0.334. The van der Waals surface area contributed by atoms with E-state index in [2.05, 4.69) is 15.4 Å². The summed E-state index contributed by atoms with van der Waals surface area (Å²) in [7, 11) is -3.92. The number of nitrogens with zero attached hydrogens (tertiary/aromatic N) is 2. The molecule has 1 aromatic carbocycles. The van der Waals surface area contributed by atoms with Crippen LogP contribution in [0.3, 0.4) is 0 Å². The Labute approximate surface area is 314 Å². The molecule has 4 aliphatic carbocycles. The van der Waals surface area contributed by atoms with E-state index >= 15 is 0 Å². The number of carbonyl (C=O) groups excluding carboxylic acids is 5. The number of amides is 5. The molecule has 0 aromatic heterocycles. The third kappa shape index (κ3) is 7.80. The molecule has 3 aliphatic heterocycles. The van der Waals surface area contributed by atoms with Gasteiger partial charge in [0.1, 0.15) is 35.6 Å². The topological polar surface area (TPSA) is 181 Å². The highest BCUT2D eigenvalue weighted by molar-refractivity contribution is 7.91. The Morgan fingerprint density at radius 3 is 2.44 bits per heavy atom. The van der Waals surface area contributed by atoms with E-state index < -0.39 is 80.6 Å². The SMILES string of the molecule is O=C(N[C@H]1CCCCC/C=C\[C@H]2C[C@@]2(C(=O)NS(=O)(=O)C2CC2)NC(=O)[C@@H]2C[C@@H](OC(=O)N3Cc4cccc(F)c4C3)CN2C1=O)OC(C1CC1)C1CC1. The van der Waals surface area contributed by atoms with Crippen LogP contribution in [0.2, 0.25) is 0 Å². The highest BCUT2D eigenvalue weighted by atomic mass is 32.2. The minimum absolute atomic E-state index is 0.00718. The van der Waals surface area contributed by atoms with Crippen LogP contribution in [-0.2, 0) is 47.0 Å². The first kappa shape index (κ1) is 36.8. The number of alkyl carbamates (subject to hydrolysis) is 1. The molecule has 5 atom stereocenters. The summed E-state index contributed by atoms with van der Waals surface area (Å²) in [6, 6.07) is 2.39. The number of hydrogen-bond donors (Lipinski definition) is 3. The molecule has 8 rings (SSSR count). The van der Waals surface area contributed by atoms with Crippen molar-refractivity contribution in [1.82, 2.24) is 25.2 Å². The predicted octanol–water partition coefficient (Wildman–Crippen LogP) is 3.53. The van der Waals surface area contributed by atoms with Gasteiger partial charge in [-0.05, 0) is 87.7 Å². The van der Waals surface area contributed by atoms with Crippen molar-refractivity contribution in [3.8, 4) is 0 Å². The smallest absolute Gasteiger partial charge is 0.410 e. The highest BCUT2D eigenvalue weighted by Gasteiger charge is 2.62. The van der Waals surface area contributed by atoms with Crippen molar-refractivity contribution in [2.45, 2.75) is 132 Å². The minimum atomic E-state index is -3.92. The zero-order valence-corrected chi connectivity index (χ0v) is 31.0.